The van der Waals surface area contributed by atoms with E-state index < -0.39 is 0 Å². The number of carbonyl (C=O) groups is 1. The Bertz CT molecular complexity index is 432. The molecule has 20 heavy (non-hydrogen) atoms. The van der Waals surface area contributed by atoms with E-state index in [2.05, 4.69) is 12.2 Å². The lowest BCUT2D eigenvalue weighted by molar-refractivity contribution is 0.0779. The molecule has 0 aliphatic carbocycles. The Morgan fingerprint density at radius 3 is 2.75 bits per heavy atom. The Hall–Kier alpha value is -1.55. The van der Waals surface area contributed by atoms with Crippen LogP contribution in [0, 0.1) is 6.92 Å². The van der Waals surface area contributed by atoms with Crippen LogP contribution in [-0.2, 0) is 4.74 Å². The third-order valence-corrected chi connectivity index (χ3v) is 3.23. The van der Waals surface area contributed by atoms with E-state index in [0.29, 0.717) is 13.2 Å². The summed E-state index contributed by atoms with van der Waals surface area (Å²) in [5, 5.41) is 3.36. The minimum absolute atomic E-state index is 0.0613. The Morgan fingerprint density at radius 1 is 1.40 bits per heavy atom. The molecule has 0 saturated carbocycles. The van der Waals surface area contributed by atoms with Gasteiger partial charge in [0.2, 0.25) is 0 Å². The van der Waals surface area contributed by atoms with Crippen LogP contribution < -0.4 is 5.32 Å². The molecule has 0 saturated heterocycles. The lowest BCUT2D eigenvalue weighted by Gasteiger charge is -2.18. The third kappa shape index (κ3) is 4.85. The molecule has 0 aliphatic rings. The second-order valence-corrected chi connectivity index (χ2v) is 5.03. The minimum atomic E-state index is 0.0613. The van der Waals surface area contributed by atoms with Gasteiger partial charge in [-0.2, -0.15) is 0 Å². The first-order valence-corrected chi connectivity index (χ1v) is 7.19. The Morgan fingerprint density at radius 2 is 2.15 bits per heavy atom. The average molecular weight is 278 g/mol. The molecule has 1 aromatic carbocycles. The number of methoxy groups -OCH3 is 1. The minimum Gasteiger partial charge on any atom is -0.385 e. The summed E-state index contributed by atoms with van der Waals surface area (Å²) in [6.07, 6.45) is 1.94. The molecule has 1 rings (SSSR count). The molecule has 4 nitrogen and oxygen atoms in total. The number of aryl methyl sites for hydroxylation is 1. The Kier molecular flexibility index (Phi) is 7.09. The number of carbonyl (C=O) groups excluding carboxylic acids is 1. The van der Waals surface area contributed by atoms with Crippen molar-refractivity contribution in [2.24, 2.45) is 0 Å². The fourth-order valence-corrected chi connectivity index (χ4v) is 2.02. The van der Waals surface area contributed by atoms with E-state index in [0.717, 1.165) is 36.2 Å². The summed E-state index contributed by atoms with van der Waals surface area (Å²) in [4.78, 5) is 14.0. The molecule has 0 spiro atoms. The van der Waals surface area contributed by atoms with E-state index in [-0.39, 0.29) is 5.91 Å². The SMILES string of the molecule is CCCNc1ccc(C(=O)N(C)CCCOC)cc1C. The van der Waals surface area contributed by atoms with Crippen LogP contribution in [0.3, 0.4) is 0 Å². The number of nitrogens with one attached hydrogen (secondary N) is 1. The molecule has 112 valence electrons. The molecule has 0 atom stereocenters. The van der Waals surface area contributed by atoms with E-state index in [1.807, 2.05) is 32.2 Å². The fourth-order valence-electron chi connectivity index (χ4n) is 2.02. The van der Waals surface area contributed by atoms with Crippen molar-refractivity contribution in [1.82, 2.24) is 4.90 Å². The van der Waals surface area contributed by atoms with Gasteiger partial charge >= 0.3 is 0 Å². The number of amides is 1. The van der Waals surface area contributed by atoms with Gasteiger partial charge in [-0.3, -0.25) is 4.79 Å². The van der Waals surface area contributed by atoms with Crippen LogP contribution in [0.2, 0.25) is 0 Å². The van der Waals surface area contributed by atoms with E-state index in [1.165, 1.54) is 0 Å². The standard InChI is InChI=1S/C16H26N2O2/c1-5-9-17-15-8-7-14(12-13(15)2)16(19)18(3)10-6-11-20-4/h7-8,12,17H,5-6,9-11H2,1-4H3. The van der Waals surface area contributed by atoms with Crippen LogP contribution in [-0.4, -0.2) is 44.7 Å². The largest absolute Gasteiger partial charge is 0.385 e. The summed E-state index contributed by atoms with van der Waals surface area (Å²) in [6.45, 7) is 6.50. The molecule has 0 bridgehead atoms. The predicted octanol–water partition coefficient (Wildman–Crippen LogP) is 2.93. The maximum absolute atomic E-state index is 12.3. The fraction of sp³-hybridized carbons (Fsp3) is 0.562. The molecular formula is C16H26N2O2. The molecule has 1 aromatic rings. The lowest BCUT2D eigenvalue weighted by atomic mass is 10.1. The van der Waals surface area contributed by atoms with Gasteiger partial charge in [0, 0.05) is 45.1 Å². The summed E-state index contributed by atoms with van der Waals surface area (Å²) in [6, 6.07) is 5.83. The first-order valence-electron chi connectivity index (χ1n) is 7.19. The molecule has 0 unspecified atom stereocenters. The molecule has 0 aliphatic heterocycles. The highest BCUT2D eigenvalue weighted by Gasteiger charge is 2.12. The van der Waals surface area contributed by atoms with Crippen LogP contribution in [0.25, 0.3) is 0 Å². The van der Waals surface area contributed by atoms with Gasteiger partial charge in [0.15, 0.2) is 0 Å². The number of anilines is 1. The monoisotopic (exact) mass is 278 g/mol. The van der Waals surface area contributed by atoms with Crippen molar-refractivity contribution in [1.29, 1.82) is 0 Å². The quantitative estimate of drug-likeness (QED) is 0.743. The second-order valence-electron chi connectivity index (χ2n) is 5.03. The maximum Gasteiger partial charge on any atom is 0.253 e. The highest BCUT2D eigenvalue weighted by atomic mass is 16.5. The van der Waals surface area contributed by atoms with Crippen molar-refractivity contribution in [2.75, 3.05) is 39.2 Å². The van der Waals surface area contributed by atoms with Gasteiger partial charge in [0.1, 0.15) is 0 Å². The zero-order chi connectivity index (χ0) is 15.0. The maximum atomic E-state index is 12.3. The third-order valence-electron chi connectivity index (χ3n) is 3.23. The van der Waals surface area contributed by atoms with Crippen molar-refractivity contribution in [3.05, 3.63) is 29.3 Å². The number of ether oxygens (including phenoxy) is 1. The van der Waals surface area contributed by atoms with Gasteiger partial charge in [-0.25, -0.2) is 0 Å². The lowest BCUT2D eigenvalue weighted by Crippen LogP contribution is -2.28. The van der Waals surface area contributed by atoms with Crippen LogP contribution in [0.4, 0.5) is 5.69 Å². The van der Waals surface area contributed by atoms with Gasteiger partial charge in [0.05, 0.1) is 0 Å². The summed E-state index contributed by atoms with van der Waals surface area (Å²) in [5.41, 5.74) is 2.95. The van der Waals surface area contributed by atoms with Gasteiger partial charge in [-0.1, -0.05) is 6.92 Å². The zero-order valence-electron chi connectivity index (χ0n) is 13.0. The van der Waals surface area contributed by atoms with Gasteiger partial charge in [-0.05, 0) is 43.5 Å². The van der Waals surface area contributed by atoms with Gasteiger partial charge < -0.3 is 15.0 Å². The Labute approximate surface area is 122 Å². The molecule has 0 fully saturated rings. The van der Waals surface area contributed by atoms with Crippen molar-refractivity contribution < 1.29 is 9.53 Å². The predicted molar refractivity (Wildman–Crippen MR) is 83.4 cm³/mol. The van der Waals surface area contributed by atoms with Gasteiger partial charge in [-0.15, -0.1) is 0 Å². The first-order chi connectivity index (χ1) is 9.60. The van der Waals surface area contributed by atoms with Crippen molar-refractivity contribution in [3.63, 3.8) is 0 Å². The number of hydrogen-bond donors (Lipinski definition) is 1. The van der Waals surface area contributed by atoms with Gasteiger partial charge in [0.25, 0.3) is 5.91 Å². The highest BCUT2D eigenvalue weighted by Crippen LogP contribution is 2.17. The number of rotatable bonds is 8. The molecular weight excluding hydrogens is 252 g/mol. The number of benzene rings is 1. The Balaban J connectivity index is 2.66. The molecule has 0 heterocycles. The topological polar surface area (TPSA) is 41.6 Å². The normalized spacial score (nSPS) is 10.4. The van der Waals surface area contributed by atoms with E-state index >= 15 is 0 Å². The van der Waals surface area contributed by atoms with E-state index in [1.54, 1.807) is 12.0 Å². The van der Waals surface area contributed by atoms with Crippen molar-refractivity contribution in [3.8, 4) is 0 Å². The zero-order valence-corrected chi connectivity index (χ0v) is 13.0. The van der Waals surface area contributed by atoms with E-state index in [9.17, 15) is 4.79 Å². The highest BCUT2D eigenvalue weighted by molar-refractivity contribution is 5.94. The van der Waals surface area contributed by atoms with Crippen LogP contribution in [0.5, 0.6) is 0 Å². The number of nitrogens with zero attached hydrogens (tertiary/aromatic N) is 1. The molecule has 0 radical (unpaired) electrons. The van der Waals surface area contributed by atoms with Crippen molar-refractivity contribution >= 4 is 11.6 Å². The summed E-state index contributed by atoms with van der Waals surface area (Å²) in [5.74, 6) is 0.0613. The van der Waals surface area contributed by atoms with Crippen molar-refractivity contribution in [2.45, 2.75) is 26.7 Å². The molecule has 1 N–H and O–H groups in total. The molecule has 1 amide bonds. The molecule has 4 heteroatoms. The summed E-state index contributed by atoms with van der Waals surface area (Å²) in [7, 11) is 3.50. The second kappa shape index (κ2) is 8.59. The summed E-state index contributed by atoms with van der Waals surface area (Å²) < 4.78 is 5.00. The number of hydrogen-bond acceptors (Lipinski definition) is 3. The van der Waals surface area contributed by atoms with Crippen LogP contribution in [0.15, 0.2) is 18.2 Å². The van der Waals surface area contributed by atoms with E-state index in [4.69, 9.17) is 4.74 Å². The average Bonchev–Trinajstić information content (AvgIpc) is 2.45. The van der Waals surface area contributed by atoms with Crippen LogP contribution in [0.1, 0.15) is 35.7 Å². The molecule has 0 aromatic heterocycles. The smallest absolute Gasteiger partial charge is 0.253 e. The first kappa shape index (κ1) is 16.5. The van der Waals surface area contributed by atoms with Crippen LogP contribution >= 0.6 is 0 Å². The summed E-state index contributed by atoms with van der Waals surface area (Å²) >= 11 is 0.